The summed E-state index contributed by atoms with van der Waals surface area (Å²) in [7, 11) is 0. The molecule has 5 nitrogen and oxygen atoms in total. The molecule has 0 saturated carbocycles. The number of hydrogen-bond donors (Lipinski definition) is 2. The summed E-state index contributed by atoms with van der Waals surface area (Å²) in [5.41, 5.74) is 2.73. The number of carbonyl (C=O) groups is 1. The molecule has 0 aliphatic carbocycles. The summed E-state index contributed by atoms with van der Waals surface area (Å²) in [4.78, 5) is 11.8. The summed E-state index contributed by atoms with van der Waals surface area (Å²) in [5.74, 6) is 5.51. The summed E-state index contributed by atoms with van der Waals surface area (Å²) in [5, 5.41) is 15.0. The smallest absolute Gasteiger partial charge is 0.277 e. The van der Waals surface area contributed by atoms with Crippen LogP contribution in [0.1, 0.15) is 28.0 Å². The number of benzene rings is 1. The Kier molecular flexibility index (Phi) is 4.53. The average Bonchev–Trinajstić information content (AvgIpc) is 2.95. The molecule has 0 spiro atoms. The van der Waals surface area contributed by atoms with Crippen LogP contribution in [0.2, 0.25) is 0 Å². The van der Waals surface area contributed by atoms with Crippen LogP contribution in [0.5, 0.6) is 0 Å². The fourth-order valence-corrected chi connectivity index (χ4v) is 1.62. The molecule has 2 rings (SSSR count). The van der Waals surface area contributed by atoms with Gasteiger partial charge >= 0.3 is 0 Å². The topological polar surface area (TPSA) is 75.4 Å². The van der Waals surface area contributed by atoms with Crippen molar-refractivity contribution in [1.29, 1.82) is 0 Å². The Balaban J connectivity index is 2.10. The molecule has 20 heavy (non-hydrogen) atoms. The summed E-state index contributed by atoms with van der Waals surface area (Å²) >= 11 is 0. The van der Waals surface area contributed by atoms with Gasteiger partial charge < -0.3 is 14.9 Å². The minimum absolute atomic E-state index is 0.0535. The maximum atomic E-state index is 11.8. The van der Waals surface area contributed by atoms with E-state index in [0.29, 0.717) is 12.1 Å². The Morgan fingerprint density at radius 1 is 1.45 bits per heavy atom. The highest BCUT2D eigenvalue weighted by molar-refractivity contribution is 6.02. The van der Waals surface area contributed by atoms with E-state index >= 15 is 0 Å². The van der Waals surface area contributed by atoms with Gasteiger partial charge in [-0.1, -0.05) is 17.0 Å². The first kappa shape index (κ1) is 13.8. The van der Waals surface area contributed by atoms with Gasteiger partial charge in [0.2, 0.25) is 0 Å². The highest BCUT2D eigenvalue weighted by atomic mass is 16.5. The van der Waals surface area contributed by atoms with Crippen LogP contribution < -0.4 is 5.32 Å². The van der Waals surface area contributed by atoms with Crippen molar-refractivity contribution in [3.63, 3.8) is 0 Å². The van der Waals surface area contributed by atoms with Gasteiger partial charge in [0.25, 0.3) is 5.91 Å². The minimum atomic E-state index is -0.322. The molecule has 1 aromatic carbocycles. The molecule has 0 unspecified atom stereocenters. The summed E-state index contributed by atoms with van der Waals surface area (Å²) in [6.07, 6.45) is 1.80. The highest BCUT2D eigenvalue weighted by Crippen LogP contribution is 2.15. The second-order valence-electron chi connectivity index (χ2n) is 4.14. The van der Waals surface area contributed by atoms with Gasteiger partial charge in [0.05, 0.1) is 6.61 Å². The third kappa shape index (κ3) is 3.46. The predicted molar refractivity (Wildman–Crippen MR) is 74.2 cm³/mol. The Morgan fingerprint density at radius 2 is 2.30 bits per heavy atom. The van der Waals surface area contributed by atoms with Gasteiger partial charge in [-0.15, -0.1) is 0 Å². The van der Waals surface area contributed by atoms with E-state index in [9.17, 15) is 4.79 Å². The fraction of sp³-hybridized carbons (Fsp3) is 0.200. The number of aliphatic hydroxyl groups excluding tert-OH is 1. The van der Waals surface area contributed by atoms with Crippen LogP contribution in [-0.4, -0.2) is 22.8 Å². The number of nitrogens with zero attached hydrogens (tertiary/aromatic N) is 1. The number of carbonyl (C=O) groups excluding carboxylic acids is 1. The van der Waals surface area contributed by atoms with Crippen LogP contribution in [0, 0.1) is 18.8 Å². The SMILES string of the molecule is Cc1cc(NC(=O)c2ccon2)ccc1C#CCCO. The predicted octanol–water partition coefficient (Wildman–Crippen LogP) is 1.97. The lowest BCUT2D eigenvalue weighted by Crippen LogP contribution is -2.12. The normalized spacial score (nSPS) is 9.70. The Hall–Kier alpha value is -2.58. The Morgan fingerprint density at radius 3 is 2.95 bits per heavy atom. The molecule has 2 N–H and O–H groups in total. The number of aryl methyl sites for hydroxylation is 1. The highest BCUT2D eigenvalue weighted by Gasteiger charge is 2.09. The van der Waals surface area contributed by atoms with Crippen molar-refractivity contribution in [3.8, 4) is 11.8 Å². The number of aliphatic hydroxyl groups is 1. The second-order valence-corrected chi connectivity index (χ2v) is 4.14. The van der Waals surface area contributed by atoms with E-state index in [2.05, 4.69) is 26.8 Å². The molecule has 1 aromatic heterocycles. The van der Waals surface area contributed by atoms with Crippen LogP contribution in [0.3, 0.4) is 0 Å². The molecule has 0 atom stereocenters. The van der Waals surface area contributed by atoms with Crippen molar-refractivity contribution in [3.05, 3.63) is 47.3 Å². The van der Waals surface area contributed by atoms with Crippen LogP contribution in [-0.2, 0) is 0 Å². The zero-order chi connectivity index (χ0) is 14.4. The summed E-state index contributed by atoms with van der Waals surface area (Å²) in [6, 6.07) is 6.93. The zero-order valence-corrected chi connectivity index (χ0v) is 11.0. The minimum Gasteiger partial charge on any atom is -0.395 e. The lowest BCUT2D eigenvalue weighted by molar-refractivity contribution is 0.101. The van der Waals surface area contributed by atoms with Crippen molar-refractivity contribution >= 4 is 11.6 Å². The number of aromatic nitrogens is 1. The lowest BCUT2D eigenvalue weighted by Gasteiger charge is -2.05. The Labute approximate surface area is 116 Å². The number of anilines is 1. The van der Waals surface area contributed by atoms with E-state index in [-0.39, 0.29) is 18.2 Å². The Bertz CT molecular complexity index is 651. The van der Waals surface area contributed by atoms with Crippen molar-refractivity contribution < 1.29 is 14.4 Å². The van der Waals surface area contributed by atoms with E-state index in [1.54, 1.807) is 6.07 Å². The van der Waals surface area contributed by atoms with Gasteiger partial charge in [-0.2, -0.15) is 0 Å². The first-order valence-electron chi connectivity index (χ1n) is 6.13. The first-order chi connectivity index (χ1) is 9.70. The standard InChI is InChI=1S/C15H14N2O3/c1-11-10-13(6-5-12(11)4-2-3-8-18)16-15(19)14-7-9-20-17-14/h5-7,9-10,18H,3,8H2,1H3,(H,16,19). The van der Waals surface area contributed by atoms with Gasteiger partial charge in [-0.05, 0) is 30.7 Å². The number of amides is 1. The van der Waals surface area contributed by atoms with E-state index in [0.717, 1.165) is 11.1 Å². The molecule has 0 fully saturated rings. The quantitative estimate of drug-likeness (QED) is 0.836. The number of hydrogen-bond acceptors (Lipinski definition) is 4. The molecular weight excluding hydrogens is 256 g/mol. The maximum absolute atomic E-state index is 11.8. The molecule has 1 amide bonds. The number of rotatable bonds is 3. The molecule has 102 valence electrons. The zero-order valence-electron chi connectivity index (χ0n) is 11.0. The largest absolute Gasteiger partial charge is 0.395 e. The molecule has 0 saturated heterocycles. The first-order valence-corrected chi connectivity index (χ1v) is 6.13. The van der Waals surface area contributed by atoms with Crippen molar-refractivity contribution in [1.82, 2.24) is 5.16 Å². The van der Waals surface area contributed by atoms with E-state index in [1.807, 2.05) is 19.1 Å². The van der Waals surface area contributed by atoms with E-state index in [1.165, 1.54) is 12.3 Å². The molecule has 0 radical (unpaired) electrons. The van der Waals surface area contributed by atoms with E-state index < -0.39 is 0 Å². The molecular formula is C15H14N2O3. The van der Waals surface area contributed by atoms with Crippen molar-refractivity contribution in [2.24, 2.45) is 0 Å². The molecule has 0 bridgehead atoms. The van der Waals surface area contributed by atoms with Crippen LogP contribution in [0.15, 0.2) is 35.1 Å². The summed E-state index contributed by atoms with van der Waals surface area (Å²) in [6.45, 7) is 1.96. The second kappa shape index (κ2) is 6.55. The third-order valence-corrected chi connectivity index (χ3v) is 2.61. The van der Waals surface area contributed by atoms with Crippen LogP contribution in [0.4, 0.5) is 5.69 Å². The molecule has 0 aliphatic heterocycles. The molecule has 1 heterocycles. The van der Waals surface area contributed by atoms with Gasteiger partial charge in [0, 0.05) is 23.7 Å². The molecule has 5 heteroatoms. The van der Waals surface area contributed by atoms with Gasteiger partial charge in [-0.3, -0.25) is 4.79 Å². The van der Waals surface area contributed by atoms with Crippen molar-refractivity contribution in [2.75, 3.05) is 11.9 Å². The summed E-state index contributed by atoms with van der Waals surface area (Å²) < 4.78 is 4.62. The maximum Gasteiger partial charge on any atom is 0.277 e. The van der Waals surface area contributed by atoms with Crippen molar-refractivity contribution in [2.45, 2.75) is 13.3 Å². The average molecular weight is 270 g/mol. The van der Waals surface area contributed by atoms with Crippen LogP contribution >= 0.6 is 0 Å². The molecule has 0 aliphatic rings. The van der Waals surface area contributed by atoms with E-state index in [4.69, 9.17) is 5.11 Å². The van der Waals surface area contributed by atoms with Gasteiger partial charge in [-0.25, -0.2) is 0 Å². The van der Waals surface area contributed by atoms with Gasteiger partial charge in [0.1, 0.15) is 6.26 Å². The number of nitrogens with one attached hydrogen (secondary N) is 1. The third-order valence-electron chi connectivity index (χ3n) is 2.61. The fourth-order valence-electron chi connectivity index (χ4n) is 1.62. The van der Waals surface area contributed by atoms with Gasteiger partial charge in [0.15, 0.2) is 5.69 Å². The van der Waals surface area contributed by atoms with Crippen LogP contribution in [0.25, 0.3) is 0 Å². The molecule has 2 aromatic rings. The lowest BCUT2D eigenvalue weighted by atomic mass is 10.1. The monoisotopic (exact) mass is 270 g/mol.